The fourth-order valence-corrected chi connectivity index (χ4v) is 2.35. The molecule has 3 nitrogen and oxygen atoms in total. The molecule has 0 heterocycles. The van der Waals surface area contributed by atoms with Crippen molar-refractivity contribution in [2.24, 2.45) is 5.92 Å². The maximum atomic E-state index is 10.2. The average molecular weight is 224 g/mol. The first-order chi connectivity index (χ1) is 7.65. The van der Waals surface area contributed by atoms with Crippen molar-refractivity contribution in [1.82, 2.24) is 5.32 Å². The predicted octanol–water partition coefficient (Wildman–Crippen LogP) is 2.21. The Labute approximate surface area is 98.8 Å². The molecule has 1 rings (SSSR count). The van der Waals surface area contributed by atoms with E-state index < -0.39 is 5.60 Å². The maximum Gasteiger partial charge on any atom is 0.0766 e. The highest BCUT2D eigenvalue weighted by Gasteiger charge is 2.28. The van der Waals surface area contributed by atoms with Gasteiger partial charge in [0.2, 0.25) is 0 Å². The fraction of sp³-hybridized carbons (Fsp3) is 0.923. The second-order valence-electron chi connectivity index (χ2n) is 4.94. The van der Waals surface area contributed by atoms with Crippen LogP contribution in [0.25, 0.3) is 0 Å². The molecule has 0 aromatic rings. The zero-order chi connectivity index (χ0) is 12.0. The summed E-state index contributed by atoms with van der Waals surface area (Å²) in [5.41, 5.74) is -0.600. The van der Waals surface area contributed by atoms with E-state index in [1.165, 1.54) is 12.8 Å². The summed E-state index contributed by atoms with van der Waals surface area (Å²) >= 11 is 0. The van der Waals surface area contributed by atoms with Crippen molar-refractivity contribution in [1.29, 1.82) is 5.26 Å². The quantitative estimate of drug-likeness (QED) is 0.752. The standard InChI is InChI=1S/C13H24N2O/c1-3-13(16,4-2)10-15-12-8-6-5-7-11(12)9-14/h11-12,15-16H,3-8,10H2,1-2H3. The Morgan fingerprint density at radius 2 is 1.94 bits per heavy atom. The van der Waals surface area contributed by atoms with E-state index in [-0.39, 0.29) is 12.0 Å². The molecule has 0 radical (unpaired) electrons. The van der Waals surface area contributed by atoms with Gasteiger partial charge in [0, 0.05) is 12.6 Å². The van der Waals surface area contributed by atoms with E-state index in [1.807, 2.05) is 13.8 Å². The molecule has 1 aliphatic carbocycles. The molecule has 1 saturated carbocycles. The largest absolute Gasteiger partial charge is 0.389 e. The van der Waals surface area contributed by atoms with Gasteiger partial charge in [-0.3, -0.25) is 0 Å². The second-order valence-corrected chi connectivity index (χ2v) is 4.94. The van der Waals surface area contributed by atoms with Gasteiger partial charge in [0.15, 0.2) is 0 Å². The zero-order valence-electron chi connectivity index (χ0n) is 10.5. The van der Waals surface area contributed by atoms with Gasteiger partial charge >= 0.3 is 0 Å². The third-order valence-corrected chi connectivity index (χ3v) is 3.94. The van der Waals surface area contributed by atoms with Gasteiger partial charge in [0.25, 0.3) is 0 Å². The van der Waals surface area contributed by atoms with Gasteiger partial charge in [-0.25, -0.2) is 0 Å². The predicted molar refractivity (Wildman–Crippen MR) is 64.9 cm³/mol. The van der Waals surface area contributed by atoms with E-state index in [9.17, 15) is 5.11 Å². The fourth-order valence-electron chi connectivity index (χ4n) is 2.35. The Balaban J connectivity index is 2.44. The van der Waals surface area contributed by atoms with Crippen LogP contribution in [0.2, 0.25) is 0 Å². The third-order valence-electron chi connectivity index (χ3n) is 3.94. The Morgan fingerprint density at radius 3 is 2.50 bits per heavy atom. The summed E-state index contributed by atoms with van der Waals surface area (Å²) in [5.74, 6) is 0.131. The van der Waals surface area contributed by atoms with Crippen LogP contribution in [-0.4, -0.2) is 23.3 Å². The molecular formula is C13H24N2O. The molecule has 1 aliphatic rings. The minimum Gasteiger partial charge on any atom is -0.389 e. The van der Waals surface area contributed by atoms with Crippen molar-refractivity contribution in [3.63, 3.8) is 0 Å². The molecule has 0 bridgehead atoms. The van der Waals surface area contributed by atoms with Crippen LogP contribution in [0.1, 0.15) is 52.4 Å². The Hall–Kier alpha value is -0.590. The molecule has 2 N–H and O–H groups in total. The van der Waals surface area contributed by atoms with Gasteiger partial charge in [-0.15, -0.1) is 0 Å². The number of rotatable bonds is 5. The van der Waals surface area contributed by atoms with E-state index in [0.717, 1.165) is 25.7 Å². The van der Waals surface area contributed by atoms with Crippen molar-refractivity contribution in [3.8, 4) is 6.07 Å². The molecule has 2 atom stereocenters. The number of aliphatic hydroxyl groups is 1. The Bertz CT molecular complexity index is 243. The molecule has 0 aromatic heterocycles. The first-order valence-corrected chi connectivity index (χ1v) is 6.50. The van der Waals surface area contributed by atoms with Crippen LogP contribution < -0.4 is 5.32 Å². The number of hydrogen-bond donors (Lipinski definition) is 2. The van der Waals surface area contributed by atoms with Crippen LogP contribution in [0, 0.1) is 17.2 Å². The summed E-state index contributed by atoms with van der Waals surface area (Å²) in [6, 6.07) is 2.66. The molecule has 0 spiro atoms. The van der Waals surface area contributed by atoms with Crippen LogP contribution in [0.15, 0.2) is 0 Å². The van der Waals surface area contributed by atoms with Crippen LogP contribution in [0.4, 0.5) is 0 Å². The van der Waals surface area contributed by atoms with E-state index in [0.29, 0.717) is 6.54 Å². The molecular weight excluding hydrogens is 200 g/mol. The van der Waals surface area contributed by atoms with E-state index in [4.69, 9.17) is 5.26 Å². The molecule has 3 heteroatoms. The molecule has 0 aliphatic heterocycles. The lowest BCUT2D eigenvalue weighted by atomic mass is 9.85. The van der Waals surface area contributed by atoms with Crippen molar-refractivity contribution < 1.29 is 5.11 Å². The highest BCUT2D eigenvalue weighted by atomic mass is 16.3. The van der Waals surface area contributed by atoms with Crippen LogP contribution in [-0.2, 0) is 0 Å². The molecule has 0 aromatic carbocycles. The highest BCUT2D eigenvalue weighted by molar-refractivity contribution is 4.95. The normalized spacial score (nSPS) is 26.4. The minimum absolute atomic E-state index is 0.131. The van der Waals surface area contributed by atoms with Gasteiger partial charge in [-0.2, -0.15) is 5.26 Å². The third kappa shape index (κ3) is 3.47. The number of nitrogens with zero attached hydrogens (tertiary/aromatic N) is 1. The first kappa shape index (κ1) is 13.5. The topological polar surface area (TPSA) is 56.0 Å². The van der Waals surface area contributed by atoms with Crippen molar-refractivity contribution >= 4 is 0 Å². The highest BCUT2D eigenvalue weighted by Crippen LogP contribution is 2.24. The zero-order valence-corrected chi connectivity index (χ0v) is 10.5. The SMILES string of the molecule is CCC(O)(CC)CNC1CCCCC1C#N. The lowest BCUT2D eigenvalue weighted by Gasteiger charge is -2.32. The summed E-state index contributed by atoms with van der Waals surface area (Å²) in [6.07, 6.45) is 5.97. The van der Waals surface area contributed by atoms with Crippen LogP contribution in [0.3, 0.4) is 0 Å². The first-order valence-electron chi connectivity index (χ1n) is 6.50. The van der Waals surface area contributed by atoms with Crippen molar-refractivity contribution in [3.05, 3.63) is 0 Å². The Kier molecular flexibility index (Phi) is 5.24. The lowest BCUT2D eigenvalue weighted by Crippen LogP contribution is -2.47. The van der Waals surface area contributed by atoms with E-state index in [2.05, 4.69) is 11.4 Å². The Morgan fingerprint density at radius 1 is 1.31 bits per heavy atom. The van der Waals surface area contributed by atoms with Crippen molar-refractivity contribution in [2.75, 3.05) is 6.54 Å². The van der Waals surface area contributed by atoms with E-state index >= 15 is 0 Å². The second kappa shape index (κ2) is 6.22. The van der Waals surface area contributed by atoms with Crippen LogP contribution in [0.5, 0.6) is 0 Å². The smallest absolute Gasteiger partial charge is 0.0766 e. The summed E-state index contributed by atoms with van der Waals surface area (Å²) in [6.45, 7) is 4.63. The molecule has 16 heavy (non-hydrogen) atoms. The van der Waals surface area contributed by atoms with Gasteiger partial charge in [-0.05, 0) is 25.7 Å². The molecule has 1 fully saturated rings. The molecule has 92 valence electrons. The molecule has 2 unspecified atom stereocenters. The van der Waals surface area contributed by atoms with Crippen molar-refractivity contribution in [2.45, 2.75) is 64.0 Å². The minimum atomic E-state index is -0.600. The van der Waals surface area contributed by atoms with E-state index in [1.54, 1.807) is 0 Å². The van der Waals surface area contributed by atoms with Gasteiger partial charge in [0.1, 0.15) is 0 Å². The van der Waals surface area contributed by atoms with Gasteiger partial charge < -0.3 is 10.4 Å². The van der Waals surface area contributed by atoms with Gasteiger partial charge in [-0.1, -0.05) is 26.7 Å². The monoisotopic (exact) mass is 224 g/mol. The lowest BCUT2D eigenvalue weighted by molar-refractivity contribution is 0.0273. The summed E-state index contributed by atoms with van der Waals surface area (Å²) in [7, 11) is 0. The number of nitrogens with one attached hydrogen (secondary N) is 1. The maximum absolute atomic E-state index is 10.2. The number of nitriles is 1. The molecule has 0 saturated heterocycles. The summed E-state index contributed by atoms with van der Waals surface area (Å²) in [5, 5.41) is 22.6. The van der Waals surface area contributed by atoms with Gasteiger partial charge in [0.05, 0.1) is 17.6 Å². The molecule has 0 amide bonds. The average Bonchev–Trinajstić information content (AvgIpc) is 2.36. The summed E-state index contributed by atoms with van der Waals surface area (Å²) in [4.78, 5) is 0. The number of hydrogen-bond acceptors (Lipinski definition) is 3. The summed E-state index contributed by atoms with van der Waals surface area (Å²) < 4.78 is 0. The van der Waals surface area contributed by atoms with Crippen LogP contribution >= 0.6 is 0 Å².